The summed E-state index contributed by atoms with van der Waals surface area (Å²) < 4.78 is 1.26. The summed E-state index contributed by atoms with van der Waals surface area (Å²) in [6.45, 7) is 0. The van der Waals surface area contributed by atoms with Gasteiger partial charge in [0.2, 0.25) is 0 Å². The van der Waals surface area contributed by atoms with Crippen LogP contribution < -0.4 is 5.32 Å². The van der Waals surface area contributed by atoms with Crippen LogP contribution in [0, 0.1) is 0 Å². The Bertz CT molecular complexity index is 604. The molecule has 0 saturated heterocycles. The van der Waals surface area contributed by atoms with Gasteiger partial charge in [-0.05, 0) is 62.2 Å². The molecule has 0 bridgehead atoms. The van der Waals surface area contributed by atoms with Gasteiger partial charge in [-0.25, -0.2) is 4.98 Å². The summed E-state index contributed by atoms with van der Waals surface area (Å²) in [5.41, 5.74) is 1.08. The normalized spacial score (nSPS) is 10.2. The second-order valence-electron chi connectivity index (χ2n) is 3.42. The number of hydrogen-bond donors (Lipinski definition) is 1. The van der Waals surface area contributed by atoms with Crippen LogP contribution in [0.1, 0.15) is 10.4 Å². The average Bonchev–Trinajstić information content (AvgIpc) is 2.34. The van der Waals surface area contributed by atoms with Crippen molar-refractivity contribution in [2.24, 2.45) is 0 Å². The summed E-state index contributed by atoms with van der Waals surface area (Å²) in [4.78, 5) is 16.1. The molecule has 6 heteroatoms. The zero-order chi connectivity index (χ0) is 13.1. The molecule has 0 aliphatic heterocycles. The van der Waals surface area contributed by atoms with Crippen molar-refractivity contribution in [3.63, 3.8) is 0 Å². The van der Waals surface area contributed by atoms with Gasteiger partial charge in [0, 0.05) is 15.7 Å². The lowest BCUT2D eigenvalue weighted by Crippen LogP contribution is -2.13. The molecular formula is C12H7Br2ClN2O. The van der Waals surface area contributed by atoms with Crippen LogP contribution in [0.5, 0.6) is 0 Å². The Kier molecular flexibility index (Phi) is 4.37. The number of pyridine rings is 1. The van der Waals surface area contributed by atoms with Crippen molar-refractivity contribution < 1.29 is 4.79 Å². The number of rotatable bonds is 2. The molecule has 0 radical (unpaired) electrons. The predicted octanol–water partition coefficient (Wildman–Crippen LogP) is 4.51. The lowest BCUT2D eigenvalue weighted by Gasteiger charge is -2.08. The van der Waals surface area contributed by atoms with Gasteiger partial charge in [0.15, 0.2) is 0 Å². The summed E-state index contributed by atoms with van der Waals surface area (Å²) in [6.07, 6.45) is 1.61. The van der Waals surface area contributed by atoms with Gasteiger partial charge in [0.05, 0.1) is 11.3 Å². The molecule has 0 unspecified atom stereocenters. The van der Waals surface area contributed by atoms with Crippen molar-refractivity contribution in [1.29, 1.82) is 0 Å². The molecular weight excluding hydrogens is 383 g/mol. The lowest BCUT2D eigenvalue weighted by molar-refractivity contribution is 0.102. The molecule has 0 aliphatic rings. The van der Waals surface area contributed by atoms with Gasteiger partial charge < -0.3 is 5.32 Å². The maximum Gasteiger partial charge on any atom is 0.258 e. The average molecular weight is 390 g/mol. The fourth-order valence-corrected chi connectivity index (χ4v) is 2.29. The Morgan fingerprint density at radius 1 is 1.28 bits per heavy atom. The highest BCUT2D eigenvalue weighted by atomic mass is 79.9. The summed E-state index contributed by atoms with van der Waals surface area (Å²) in [5.74, 6) is -0.252. The van der Waals surface area contributed by atoms with Crippen LogP contribution in [-0.2, 0) is 0 Å². The van der Waals surface area contributed by atoms with E-state index < -0.39 is 0 Å². The number of benzene rings is 1. The number of halogens is 3. The zero-order valence-electron chi connectivity index (χ0n) is 8.95. The molecule has 0 aliphatic carbocycles. The molecule has 0 fully saturated rings. The minimum Gasteiger partial charge on any atom is -0.321 e. The number of nitrogens with one attached hydrogen (secondary N) is 1. The number of carbonyl (C=O) groups is 1. The predicted molar refractivity (Wildman–Crippen MR) is 79.0 cm³/mol. The summed E-state index contributed by atoms with van der Waals surface area (Å²) in [7, 11) is 0. The Hall–Kier alpha value is -0.910. The highest BCUT2D eigenvalue weighted by Crippen LogP contribution is 2.26. The molecule has 0 saturated carbocycles. The van der Waals surface area contributed by atoms with Crippen LogP contribution in [0.15, 0.2) is 45.6 Å². The van der Waals surface area contributed by atoms with Gasteiger partial charge in [-0.3, -0.25) is 4.79 Å². The number of aromatic nitrogens is 1. The van der Waals surface area contributed by atoms with Gasteiger partial charge in [-0.1, -0.05) is 11.6 Å². The molecule has 1 heterocycles. The van der Waals surface area contributed by atoms with E-state index >= 15 is 0 Å². The largest absolute Gasteiger partial charge is 0.321 e. The number of amides is 1. The molecule has 18 heavy (non-hydrogen) atoms. The highest BCUT2D eigenvalue weighted by Gasteiger charge is 2.12. The van der Waals surface area contributed by atoms with E-state index in [4.69, 9.17) is 11.6 Å². The monoisotopic (exact) mass is 388 g/mol. The Balaban J connectivity index is 2.27. The van der Waals surface area contributed by atoms with E-state index in [1.54, 1.807) is 36.5 Å². The number of anilines is 1. The third-order valence-corrected chi connectivity index (χ3v) is 3.74. The lowest BCUT2D eigenvalue weighted by atomic mass is 10.2. The van der Waals surface area contributed by atoms with E-state index in [0.717, 1.165) is 4.47 Å². The maximum absolute atomic E-state index is 12.1. The van der Waals surface area contributed by atoms with Crippen LogP contribution in [0.25, 0.3) is 0 Å². The molecule has 1 aromatic carbocycles. The molecule has 1 N–H and O–H groups in total. The number of hydrogen-bond acceptors (Lipinski definition) is 2. The highest BCUT2D eigenvalue weighted by molar-refractivity contribution is 9.10. The molecule has 92 valence electrons. The van der Waals surface area contributed by atoms with Crippen LogP contribution >= 0.6 is 43.5 Å². The number of nitrogens with zero attached hydrogens (tertiary/aromatic N) is 1. The summed E-state index contributed by atoms with van der Waals surface area (Å²) >= 11 is 12.5. The fraction of sp³-hybridized carbons (Fsp3) is 0. The molecule has 3 nitrogen and oxygen atoms in total. The molecule has 0 atom stereocenters. The third-order valence-electron chi connectivity index (χ3n) is 2.18. The quantitative estimate of drug-likeness (QED) is 0.767. The minimum atomic E-state index is -0.252. The van der Waals surface area contributed by atoms with Gasteiger partial charge >= 0.3 is 0 Å². The second kappa shape index (κ2) is 5.82. The summed E-state index contributed by atoms with van der Waals surface area (Å²) in [5, 5.41) is 3.32. The SMILES string of the molecule is O=C(Nc1cc(Cl)ccc1Br)c1cccnc1Br. The van der Waals surface area contributed by atoms with Crippen molar-refractivity contribution in [2.45, 2.75) is 0 Å². The first kappa shape index (κ1) is 13.5. The van der Waals surface area contributed by atoms with Crippen LogP contribution in [-0.4, -0.2) is 10.9 Å². The van der Waals surface area contributed by atoms with Gasteiger partial charge in [-0.2, -0.15) is 0 Å². The van der Waals surface area contributed by atoms with E-state index in [9.17, 15) is 4.79 Å². The standard InChI is InChI=1S/C12H7Br2ClN2O/c13-9-4-3-7(15)6-10(9)17-12(18)8-2-1-5-16-11(8)14/h1-6H,(H,17,18). The molecule has 2 rings (SSSR count). The zero-order valence-corrected chi connectivity index (χ0v) is 12.9. The Labute approximate surface area is 126 Å². The van der Waals surface area contributed by atoms with Gasteiger partial charge in [-0.15, -0.1) is 0 Å². The first-order chi connectivity index (χ1) is 8.58. The minimum absolute atomic E-state index is 0.252. The first-order valence-corrected chi connectivity index (χ1v) is 6.91. The molecule has 1 aromatic heterocycles. The topological polar surface area (TPSA) is 42.0 Å². The van der Waals surface area contributed by atoms with E-state index in [-0.39, 0.29) is 5.91 Å². The Morgan fingerprint density at radius 2 is 2.06 bits per heavy atom. The number of carbonyl (C=O) groups excluding carboxylic acids is 1. The van der Waals surface area contributed by atoms with Gasteiger partial charge in [0.1, 0.15) is 4.60 Å². The van der Waals surface area contributed by atoms with Crippen molar-refractivity contribution in [2.75, 3.05) is 5.32 Å². The van der Waals surface area contributed by atoms with Crippen LogP contribution in [0.2, 0.25) is 5.02 Å². The Morgan fingerprint density at radius 3 is 2.78 bits per heavy atom. The molecule has 1 amide bonds. The summed E-state index contributed by atoms with van der Waals surface area (Å²) in [6, 6.07) is 8.57. The molecule has 0 spiro atoms. The van der Waals surface area contributed by atoms with Crippen molar-refractivity contribution in [1.82, 2.24) is 4.98 Å². The maximum atomic E-state index is 12.1. The smallest absolute Gasteiger partial charge is 0.258 e. The third kappa shape index (κ3) is 3.10. The van der Waals surface area contributed by atoms with Crippen LogP contribution in [0.4, 0.5) is 5.69 Å². The second-order valence-corrected chi connectivity index (χ2v) is 5.46. The van der Waals surface area contributed by atoms with Crippen molar-refractivity contribution in [3.8, 4) is 0 Å². The fourth-order valence-electron chi connectivity index (χ4n) is 1.34. The van der Waals surface area contributed by atoms with E-state index in [0.29, 0.717) is 20.9 Å². The van der Waals surface area contributed by atoms with Gasteiger partial charge in [0.25, 0.3) is 5.91 Å². The van der Waals surface area contributed by atoms with Crippen molar-refractivity contribution in [3.05, 3.63) is 56.2 Å². The van der Waals surface area contributed by atoms with Crippen molar-refractivity contribution >= 4 is 55.1 Å². The van der Waals surface area contributed by atoms with Crippen LogP contribution in [0.3, 0.4) is 0 Å². The van der Waals surface area contributed by atoms with E-state index in [1.165, 1.54) is 0 Å². The molecule has 2 aromatic rings. The van der Waals surface area contributed by atoms with E-state index in [2.05, 4.69) is 42.2 Å². The van der Waals surface area contributed by atoms with E-state index in [1.807, 2.05) is 0 Å². The first-order valence-electron chi connectivity index (χ1n) is 4.95.